The first-order valence-corrected chi connectivity index (χ1v) is 13.1. The highest BCUT2D eigenvalue weighted by Gasteiger charge is 2.21. The van der Waals surface area contributed by atoms with Crippen molar-refractivity contribution in [2.75, 3.05) is 33.3 Å². The van der Waals surface area contributed by atoms with Crippen molar-refractivity contribution in [1.29, 1.82) is 0 Å². The van der Waals surface area contributed by atoms with Gasteiger partial charge < -0.3 is 25.2 Å². The summed E-state index contributed by atoms with van der Waals surface area (Å²) in [7, 11) is 1.58. The summed E-state index contributed by atoms with van der Waals surface area (Å²) in [6, 6.07) is 14.3. The molecule has 2 amide bonds. The second-order valence-corrected chi connectivity index (χ2v) is 9.89. The SMILES string of the molecule is COc1ccc(-n2c(C)nnc2-c2ccc(CNC(=O)N3CCN(Cc4cc(O)cc(O)c4)CC3)c(C)c2)cn1. The number of methoxy groups -OCH3 is 1. The van der Waals surface area contributed by atoms with Crippen LogP contribution in [0.3, 0.4) is 0 Å². The van der Waals surface area contributed by atoms with Crippen LogP contribution in [0.15, 0.2) is 54.7 Å². The number of rotatable bonds is 7. The number of nitrogens with one attached hydrogen (secondary N) is 1. The van der Waals surface area contributed by atoms with Crippen molar-refractivity contribution in [2.45, 2.75) is 26.9 Å². The fourth-order valence-electron chi connectivity index (χ4n) is 4.91. The minimum Gasteiger partial charge on any atom is -0.508 e. The maximum Gasteiger partial charge on any atom is 0.317 e. The van der Waals surface area contributed by atoms with Crippen LogP contribution < -0.4 is 10.1 Å². The van der Waals surface area contributed by atoms with E-state index in [1.807, 2.05) is 41.5 Å². The van der Waals surface area contributed by atoms with Gasteiger partial charge in [0.2, 0.25) is 5.88 Å². The standard InChI is InChI=1S/C29H33N7O4/c1-19-12-22(28-33-32-20(2)36(28)24-6-7-27(40-3)30-17-24)4-5-23(19)16-31-29(39)35-10-8-34(9-11-35)18-21-13-25(37)15-26(38)14-21/h4-7,12-15,17,37-38H,8-11,16,18H2,1-3H3,(H,31,39). The molecule has 1 aliphatic heterocycles. The zero-order valence-corrected chi connectivity index (χ0v) is 22.8. The van der Waals surface area contributed by atoms with E-state index in [-0.39, 0.29) is 17.5 Å². The zero-order valence-electron chi connectivity index (χ0n) is 22.8. The molecule has 0 atom stereocenters. The molecule has 0 aliphatic carbocycles. The summed E-state index contributed by atoms with van der Waals surface area (Å²) in [5, 5.41) is 31.1. The number of ether oxygens (including phenoxy) is 1. The number of hydrogen-bond acceptors (Lipinski definition) is 8. The Balaban J connectivity index is 1.18. The second-order valence-electron chi connectivity index (χ2n) is 9.89. The molecule has 0 spiro atoms. The number of aromatic nitrogens is 4. The molecule has 0 unspecified atom stereocenters. The zero-order chi connectivity index (χ0) is 28.2. The fourth-order valence-corrected chi connectivity index (χ4v) is 4.91. The Hall–Kier alpha value is -4.64. The topological polar surface area (TPSA) is 129 Å². The highest BCUT2D eigenvalue weighted by molar-refractivity contribution is 5.74. The van der Waals surface area contributed by atoms with Crippen molar-refractivity contribution < 1.29 is 19.7 Å². The number of carbonyl (C=O) groups is 1. The van der Waals surface area contributed by atoms with Crippen molar-refractivity contribution in [1.82, 2.24) is 34.9 Å². The van der Waals surface area contributed by atoms with Gasteiger partial charge in [0.25, 0.3) is 0 Å². The van der Waals surface area contributed by atoms with Gasteiger partial charge in [-0.2, -0.15) is 0 Å². The van der Waals surface area contributed by atoms with Gasteiger partial charge in [0.15, 0.2) is 5.82 Å². The Morgan fingerprint density at radius 3 is 2.38 bits per heavy atom. The molecule has 5 rings (SSSR count). The Kier molecular flexibility index (Phi) is 7.83. The van der Waals surface area contributed by atoms with E-state index >= 15 is 0 Å². The maximum absolute atomic E-state index is 12.9. The number of hydrogen-bond donors (Lipinski definition) is 3. The minimum atomic E-state index is -0.0968. The summed E-state index contributed by atoms with van der Waals surface area (Å²) in [4.78, 5) is 21.2. The molecule has 2 aromatic heterocycles. The smallest absolute Gasteiger partial charge is 0.317 e. The van der Waals surface area contributed by atoms with Gasteiger partial charge >= 0.3 is 6.03 Å². The van der Waals surface area contributed by atoms with Gasteiger partial charge in [0, 0.05) is 57.0 Å². The van der Waals surface area contributed by atoms with Crippen molar-refractivity contribution in [3.63, 3.8) is 0 Å². The predicted molar refractivity (Wildman–Crippen MR) is 149 cm³/mol. The Bertz CT molecular complexity index is 1470. The number of aromatic hydroxyl groups is 2. The van der Waals surface area contributed by atoms with Crippen LogP contribution in [0, 0.1) is 13.8 Å². The lowest BCUT2D eigenvalue weighted by atomic mass is 10.0. The molecular weight excluding hydrogens is 510 g/mol. The second kappa shape index (κ2) is 11.6. The third-order valence-corrected chi connectivity index (χ3v) is 7.07. The molecule has 3 N–H and O–H groups in total. The monoisotopic (exact) mass is 543 g/mol. The van der Waals surface area contributed by atoms with E-state index < -0.39 is 0 Å². The molecule has 0 saturated carbocycles. The molecular formula is C29H33N7O4. The van der Waals surface area contributed by atoms with Crippen LogP contribution in [-0.4, -0.2) is 79.1 Å². The molecule has 208 valence electrons. The first kappa shape index (κ1) is 26.9. The van der Waals surface area contributed by atoms with Crippen molar-refractivity contribution in [2.24, 2.45) is 0 Å². The first-order valence-electron chi connectivity index (χ1n) is 13.1. The van der Waals surface area contributed by atoms with Crippen LogP contribution in [0.4, 0.5) is 4.79 Å². The number of amides is 2. The normalized spacial score (nSPS) is 13.8. The molecule has 3 heterocycles. The number of piperazine rings is 1. The van der Waals surface area contributed by atoms with E-state index in [1.165, 1.54) is 6.07 Å². The number of pyridine rings is 1. The highest BCUT2D eigenvalue weighted by Crippen LogP contribution is 2.26. The summed E-state index contributed by atoms with van der Waals surface area (Å²) in [5.74, 6) is 2.08. The number of nitrogens with zero attached hydrogens (tertiary/aromatic N) is 6. The average molecular weight is 544 g/mol. The number of phenolic OH excluding ortho intramolecular Hbond substituents is 2. The van der Waals surface area contributed by atoms with E-state index in [0.29, 0.717) is 51.0 Å². The first-order chi connectivity index (χ1) is 19.3. The molecule has 40 heavy (non-hydrogen) atoms. The van der Waals surface area contributed by atoms with Crippen LogP contribution in [-0.2, 0) is 13.1 Å². The molecule has 1 aliphatic rings. The third kappa shape index (κ3) is 5.99. The lowest BCUT2D eigenvalue weighted by Gasteiger charge is -2.34. The number of aryl methyl sites for hydroxylation is 2. The molecule has 2 aromatic carbocycles. The maximum atomic E-state index is 12.9. The van der Waals surface area contributed by atoms with E-state index in [9.17, 15) is 15.0 Å². The van der Waals surface area contributed by atoms with E-state index in [1.54, 1.807) is 31.5 Å². The quantitative estimate of drug-likeness (QED) is 0.324. The van der Waals surface area contributed by atoms with Gasteiger partial charge in [0.1, 0.15) is 17.3 Å². The number of urea groups is 1. The predicted octanol–water partition coefficient (Wildman–Crippen LogP) is 3.39. The van der Waals surface area contributed by atoms with Crippen molar-refractivity contribution in [3.8, 4) is 34.5 Å². The number of phenols is 2. The van der Waals surface area contributed by atoms with E-state index in [0.717, 1.165) is 33.8 Å². The molecule has 11 heteroatoms. The van der Waals surface area contributed by atoms with Crippen LogP contribution in [0.5, 0.6) is 17.4 Å². The van der Waals surface area contributed by atoms with Gasteiger partial charge in [-0.1, -0.05) is 12.1 Å². The van der Waals surface area contributed by atoms with E-state index in [4.69, 9.17) is 4.74 Å². The van der Waals surface area contributed by atoms with Gasteiger partial charge in [0.05, 0.1) is 19.0 Å². The summed E-state index contributed by atoms with van der Waals surface area (Å²) in [6.45, 7) is 7.56. The average Bonchev–Trinajstić information content (AvgIpc) is 3.33. The molecule has 0 radical (unpaired) electrons. The van der Waals surface area contributed by atoms with E-state index in [2.05, 4.69) is 31.5 Å². The van der Waals surface area contributed by atoms with Gasteiger partial charge in [-0.25, -0.2) is 9.78 Å². The van der Waals surface area contributed by atoms with Crippen LogP contribution in [0.2, 0.25) is 0 Å². The molecule has 1 fully saturated rings. The summed E-state index contributed by atoms with van der Waals surface area (Å²) in [5.41, 5.74) is 4.65. The third-order valence-electron chi connectivity index (χ3n) is 7.07. The minimum absolute atomic E-state index is 0.0443. The molecule has 0 bridgehead atoms. The molecule has 4 aromatic rings. The lowest BCUT2D eigenvalue weighted by Crippen LogP contribution is -2.51. The lowest BCUT2D eigenvalue weighted by molar-refractivity contribution is 0.135. The highest BCUT2D eigenvalue weighted by atomic mass is 16.5. The van der Waals surface area contributed by atoms with Crippen molar-refractivity contribution in [3.05, 3.63) is 77.2 Å². The van der Waals surface area contributed by atoms with Crippen molar-refractivity contribution >= 4 is 6.03 Å². The fraction of sp³-hybridized carbons (Fsp3) is 0.310. The number of carbonyl (C=O) groups excluding carboxylic acids is 1. The Morgan fingerprint density at radius 1 is 0.975 bits per heavy atom. The largest absolute Gasteiger partial charge is 0.508 e. The molecule has 11 nitrogen and oxygen atoms in total. The summed E-state index contributed by atoms with van der Waals surface area (Å²) < 4.78 is 7.12. The van der Waals surface area contributed by atoms with Gasteiger partial charge in [-0.15, -0.1) is 10.2 Å². The van der Waals surface area contributed by atoms with Crippen LogP contribution in [0.1, 0.15) is 22.5 Å². The van der Waals surface area contributed by atoms with Gasteiger partial charge in [-0.05, 0) is 54.8 Å². The summed E-state index contributed by atoms with van der Waals surface area (Å²) >= 11 is 0. The number of benzene rings is 2. The summed E-state index contributed by atoms with van der Waals surface area (Å²) in [6.07, 6.45) is 1.73. The van der Waals surface area contributed by atoms with Gasteiger partial charge in [-0.3, -0.25) is 9.47 Å². The Morgan fingerprint density at radius 2 is 1.73 bits per heavy atom. The van der Waals surface area contributed by atoms with Crippen LogP contribution in [0.25, 0.3) is 17.1 Å². The Labute approximate surface area is 232 Å². The molecule has 1 saturated heterocycles. The van der Waals surface area contributed by atoms with Crippen LogP contribution >= 0.6 is 0 Å².